The summed E-state index contributed by atoms with van der Waals surface area (Å²) in [6, 6.07) is 17.8. The van der Waals surface area contributed by atoms with Gasteiger partial charge in [0.25, 0.3) is 0 Å². The number of aliphatic hydroxyl groups excluding tert-OH is 2. The molecule has 0 saturated carbocycles. The molecule has 0 radical (unpaired) electrons. The van der Waals surface area contributed by atoms with E-state index in [9.17, 15) is 0 Å². The van der Waals surface area contributed by atoms with Gasteiger partial charge in [-0.3, -0.25) is 5.01 Å². The van der Waals surface area contributed by atoms with Gasteiger partial charge in [0.05, 0.1) is 18.9 Å². The van der Waals surface area contributed by atoms with Gasteiger partial charge in [0, 0.05) is 47.0 Å². The highest BCUT2D eigenvalue weighted by Crippen LogP contribution is 2.24. The Hall–Kier alpha value is -2.14. The summed E-state index contributed by atoms with van der Waals surface area (Å²) in [6.07, 6.45) is 3.75. The minimum Gasteiger partial charge on any atom is -0.395 e. The van der Waals surface area contributed by atoms with Gasteiger partial charge in [0.1, 0.15) is 0 Å². The Balaban J connectivity index is 2.14. The summed E-state index contributed by atoms with van der Waals surface area (Å²) in [7, 11) is 1.75. The number of anilines is 1. The Morgan fingerprint density at radius 1 is 1.09 bits per heavy atom. The zero-order chi connectivity index (χ0) is 23.3. The first kappa shape index (κ1) is 26.1. The van der Waals surface area contributed by atoms with Gasteiger partial charge in [-0.05, 0) is 49.2 Å². The van der Waals surface area contributed by atoms with Gasteiger partial charge >= 0.3 is 0 Å². The zero-order valence-electron chi connectivity index (χ0n) is 18.3. The summed E-state index contributed by atoms with van der Waals surface area (Å²) >= 11 is 4.98. The number of aliphatic hydroxyl groups is 2. The van der Waals surface area contributed by atoms with Crippen LogP contribution in [-0.2, 0) is 0 Å². The molecule has 5 N–H and O–H groups in total. The van der Waals surface area contributed by atoms with E-state index < -0.39 is 0 Å². The maximum atomic E-state index is 9.15. The molecule has 0 amide bonds. The minimum atomic E-state index is 0.0498. The Kier molecular flexibility index (Phi) is 11.5. The van der Waals surface area contributed by atoms with Gasteiger partial charge < -0.3 is 15.5 Å². The molecule has 0 aliphatic rings. The van der Waals surface area contributed by atoms with Crippen LogP contribution in [0.25, 0.3) is 0 Å². The molecule has 32 heavy (non-hydrogen) atoms. The first-order valence-corrected chi connectivity index (χ1v) is 11.7. The molecule has 2 aromatic carbocycles. The number of halogens is 1. The van der Waals surface area contributed by atoms with Crippen LogP contribution in [0.15, 0.2) is 87.1 Å². The Bertz CT molecular complexity index is 908. The molecule has 0 atom stereocenters. The maximum Gasteiger partial charge on any atom is 0.152 e. The summed E-state index contributed by atoms with van der Waals surface area (Å²) in [5, 5.41) is 23.0. The van der Waals surface area contributed by atoms with E-state index in [4.69, 9.17) is 21.0 Å². The molecule has 2 aromatic rings. The van der Waals surface area contributed by atoms with Gasteiger partial charge in [-0.25, -0.2) is 15.1 Å². The Morgan fingerprint density at radius 2 is 1.72 bits per heavy atom. The van der Waals surface area contributed by atoms with Crippen LogP contribution in [0.5, 0.6) is 0 Å². The lowest BCUT2D eigenvalue weighted by Crippen LogP contribution is -2.25. The van der Waals surface area contributed by atoms with Gasteiger partial charge in [0.15, 0.2) is 5.82 Å². The number of nitrogens with two attached hydrogens (primary N) is 1. The average molecular weight is 520 g/mol. The van der Waals surface area contributed by atoms with E-state index in [0.29, 0.717) is 18.9 Å². The van der Waals surface area contributed by atoms with Crippen molar-refractivity contribution >= 4 is 39.3 Å². The summed E-state index contributed by atoms with van der Waals surface area (Å²) in [6.45, 7) is 2.99. The van der Waals surface area contributed by atoms with Crippen molar-refractivity contribution in [3.8, 4) is 0 Å². The third-order valence-electron chi connectivity index (χ3n) is 4.22. The van der Waals surface area contributed by atoms with Gasteiger partial charge in [-0.2, -0.15) is 0 Å². The lowest BCUT2D eigenvalue weighted by molar-refractivity contribution is 0.226. The lowest BCUT2D eigenvalue weighted by Gasteiger charge is -2.18. The summed E-state index contributed by atoms with van der Waals surface area (Å²) in [4.78, 5) is 5.76. The second kappa shape index (κ2) is 14.1. The number of hydrogen-bond acceptors (Lipinski definition) is 8. The smallest absolute Gasteiger partial charge is 0.152 e. The molecule has 0 aromatic heterocycles. The molecule has 0 aliphatic heterocycles. The van der Waals surface area contributed by atoms with Crippen LogP contribution in [0.4, 0.5) is 5.69 Å². The quantitative estimate of drug-likeness (QED) is 0.146. The topological polar surface area (TPSA) is 97.3 Å². The zero-order valence-corrected chi connectivity index (χ0v) is 20.7. The molecule has 7 nitrogen and oxygen atoms in total. The molecule has 0 fully saturated rings. The van der Waals surface area contributed by atoms with Crippen molar-refractivity contribution in [3.63, 3.8) is 0 Å². The SMILES string of the molecule is C/C(Br)=C(/N=C(\C=C\Nc1ccc(SN(CCO)CCO)cc1)c1ccccc1)N(C)N. The van der Waals surface area contributed by atoms with Crippen LogP contribution in [0.1, 0.15) is 12.5 Å². The van der Waals surface area contributed by atoms with Crippen molar-refractivity contribution < 1.29 is 10.2 Å². The molecule has 0 spiro atoms. The molecule has 0 aliphatic carbocycles. The second-order valence-electron chi connectivity index (χ2n) is 6.80. The Labute approximate surface area is 202 Å². The van der Waals surface area contributed by atoms with Gasteiger partial charge in [-0.15, -0.1) is 0 Å². The van der Waals surface area contributed by atoms with E-state index in [2.05, 4.69) is 21.2 Å². The van der Waals surface area contributed by atoms with E-state index in [1.807, 2.05) is 78.1 Å². The van der Waals surface area contributed by atoms with Crippen molar-refractivity contribution in [2.24, 2.45) is 10.8 Å². The molecular weight excluding hydrogens is 490 g/mol. The number of hydrogen-bond donors (Lipinski definition) is 4. The fourth-order valence-corrected chi connectivity index (χ4v) is 3.99. The average Bonchev–Trinajstić information content (AvgIpc) is 2.77. The van der Waals surface area contributed by atoms with E-state index >= 15 is 0 Å². The number of nitrogens with one attached hydrogen (secondary N) is 1. The number of nitrogens with zero attached hydrogens (tertiary/aromatic N) is 3. The largest absolute Gasteiger partial charge is 0.395 e. The third kappa shape index (κ3) is 8.78. The number of aliphatic imine (C=N–C) groups is 1. The molecular formula is C23H30BrN5O2S. The molecule has 9 heteroatoms. The fourth-order valence-electron chi connectivity index (χ4n) is 2.72. The van der Waals surface area contributed by atoms with Crippen molar-refractivity contribution in [1.82, 2.24) is 9.31 Å². The van der Waals surface area contributed by atoms with Gasteiger partial charge in [0.2, 0.25) is 0 Å². The summed E-state index contributed by atoms with van der Waals surface area (Å²) in [5.74, 6) is 6.57. The van der Waals surface area contributed by atoms with Crippen LogP contribution in [-0.4, -0.2) is 58.6 Å². The van der Waals surface area contributed by atoms with E-state index in [-0.39, 0.29) is 13.2 Å². The standard InChI is InChI=1S/C23H30BrN5O2S/c1-18(24)23(28(2)25)27-22(19-6-4-3-5-7-19)12-13-26-20-8-10-21(11-9-20)32-29(14-16-30)15-17-31/h3-13,26,30-31H,14-17,25H2,1-2H3/b13-12+,23-18+,27-22+. The van der Waals surface area contributed by atoms with E-state index in [0.717, 1.165) is 26.3 Å². The highest BCUT2D eigenvalue weighted by Gasteiger charge is 2.07. The molecule has 0 saturated heterocycles. The first-order valence-electron chi connectivity index (χ1n) is 10.1. The van der Waals surface area contributed by atoms with E-state index in [1.54, 1.807) is 7.05 Å². The lowest BCUT2D eigenvalue weighted by atomic mass is 10.1. The fraction of sp³-hybridized carbons (Fsp3) is 0.261. The molecule has 0 heterocycles. The minimum absolute atomic E-state index is 0.0498. The predicted octanol–water partition coefficient (Wildman–Crippen LogP) is 3.78. The van der Waals surface area contributed by atoms with Crippen LogP contribution < -0.4 is 11.2 Å². The van der Waals surface area contributed by atoms with Crippen molar-refractivity contribution in [2.75, 3.05) is 38.7 Å². The monoisotopic (exact) mass is 519 g/mol. The van der Waals surface area contributed by atoms with Crippen molar-refractivity contribution in [2.45, 2.75) is 11.8 Å². The third-order valence-corrected chi connectivity index (χ3v) is 5.68. The Morgan fingerprint density at radius 3 is 2.25 bits per heavy atom. The molecule has 0 bridgehead atoms. The van der Waals surface area contributed by atoms with Crippen molar-refractivity contribution in [3.05, 3.63) is 82.7 Å². The number of benzene rings is 2. The number of allylic oxidation sites excluding steroid dienone is 2. The first-order chi connectivity index (χ1) is 15.4. The van der Waals surface area contributed by atoms with Crippen LogP contribution in [0.3, 0.4) is 0 Å². The van der Waals surface area contributed by atoms with Crippen LogP contribution >= 0.6 is 27.9 Å². The highest BCUT2D eigenvalue weighted by molar-refractivity contribution is 9.11. The predicted molar refractivity (Wildman–Crippen MR) is 137 cm³/mol. The van der Waals surface area contributed by atoms with Crippen LogP contribution in [0.2, 0.25) is 0 Å². The number of rotatable bonds is 12. The maximum absolute atomic E-state index is 9.15. The summed E-state index contributed by atoms with van der Waals surface area (Å²) in [5.41, 5.74) is 2.66. The van der Waals surface area contributed by atoms with Crippen molar-refractivity contribution in [1.29, 1.82) is 0 Å². The second-order valence-corrected chi connectivity index (χ2v) is 9.16. The van der Waals surface area contributed by atoms with E-state index in [1.165, 1.54) is 17.0 Å². The van der Waals surface area contributed by atoms with Gasteiger partial charge in [-0.1, -0.05) is 46.3 Å². The molecule has 172 valence electrons. The van der Waals surface area contributed by atoms with Crippen LogP contribution in [0, 0.1) is 0 Å². The summed E-state index contributed by atoms with van der Waals surface area (Å²) < 4.78 is 2.76. The molecule has 0 unspecified atom stereocenters. The number of hydrazine groups is 1. The highest BCUT2D eigenvalue weighted by atomic mass is 79.9. The molecule has 2 rings (SSSR count). The normalized spacial score (nSPS) is 12.9.